The van der Waals surface area contributed by atoms with Crippen molar-refractivity contribution < 1.29 is 4.74 Å². The van der Waals surface area contributed by atoms with Gasteiger partial charge in [0.2, 0.25) is 0 Å². The first kappa shape index (κ1) is 6.54. The minimum absolute atomic E-state index is 0.00620. The molecule has 0 saturated carbocycles. The Kier molecular flexibility index (Phi) is 1.47. The second-order valence-corrected chi connectivity index (χ2v) is 2.52. The van der Waals surface area contributed by atoms with Crippen LogP contribution in [0.5, 0.6) is 0 Å². The van der Waals surface area contributed by atoms with E-state index in [0.29, 0.717) is 13.2 Å². The van der Waals surface area contributed by atoms with E-state index in [-0.39, 0.29) is 11.6 Å². The molecule has 2 rings (SSSR count). The van der Waals surface area contributed by atoms with E-state index in [0.717, 1.165) is 0 Å². The summed E-state index contributed by atoms with van der Waals surface area (Å²) in [6, 6.07) is 1.66. The highest BCUT2D eigenvalue weighted by molar-refractivity contribution is 4.87. The van der Waals surface area contributed by atoms with Gasteiger partial charge < -0.3 is 4.74 Å². The van der Waals surface area contributed by atoms with Gasteiger partial charge in [0.05, 0.1) is 25.6 Å². The quantitative estimate of drug-likeness (QED) is 0.560. The van der Waals surface area contributed by atoms with Crippen molar-refractivity contribution >= 4 is 0 Å². The molecule has 0 radical (unpaired) electrons. The van der Waals surface area contributed by atoms with E-state index >= 15 is 0 Å². The highest BCUT2D eigenvalue weighted by Gasteiger charge is 2.20. The third-order valence-electron chi connectivity index (χ3n) is 1.76. The predicted molar refractivity (Wildman–Crippen MR) is 38.4 cm³/mol. The van der Waals surface area contributed by atoms with Crippen molar-refractivity contribution in [3.8, 4) is 0 Å². The molecular weight excluding hydrogens is 144 g/mol. The van der Waals surface area contributed by atoms with Crippen LogP contribution < -0.4 is 5.56 Å². The molecule has 0 aliphatic carbocycles. The zero-order valence-corrected chi connectivity index (χ0v) is 5.93. The number of nitrogens with zero attached hydrogens (tertiary/aromatic N) is 2. The molecule has 11 heavy (non-hydrogen) atoms. The first-order valence-electron chi connectivity index (χ1n) is 3.48. The Morgan fingerprint density at radius 2 is 2.45 bits per heavy atom. The van der Waals surface area contributed by atoms with E-state index in [2.05, 4.69) is 4.98 Å². The summed E-state index contributed by atoms with van der Waals surface area (Å²) in [6.45, 7) is 1.26. The van der Waals surface area contributed by atoms with E-state index in [1.807, 2.05) is 0 Å². The van der Waals surface area contributed by atoms with E-state index in [9.17, 15) is 4.79 Å². The van der Waals surface area contributed by atoms with Gasteiger partial charge in [0.1, 0.15) is 0 Å². The van der Waals surface area contributed by atoms with Crippen LogP contribution in [0.1, 0.15) is 6.04 Å². The predicted octanol–water partition coefficient (Wildman–Crippen LogP) is -0.185. The molecule has 1 aromatic rings. The molecule has 1 aromatic heterocycles. The minimum Gasteiger partial charge on any atom is -0.377 e. The number of ether oxygens (including phenoxy) is 1. The summed E-state index contributed by atoms with van der Waals surface area (Å²) >= 11 is 0. The molecule has 4 nitrogen and oxygen atoms in total. The smallest absolute Gasteiger partial charge is 0.253 e. The van der Waals surface area contributed by atoms with Gasteiger partial charge in [-0.15, -0.1) is 0 Å². The zero-order chi connectivity index (χ0) is 7.68. The van der Waals surface area contributed by atoms with Crippen molar-refractivity contribution in [2.45, 2.75) is 6.04 Å². The van der Waals surface area contributed by atoms with Gasteiger partial charge >= 0.3 is 0 Å². The van der Waals surface area contributed by atoms with Crippen molar-refractivity contribution in [2.24, 2.45) is 0 Å². The average molecular weight is 152 g/mol. The van der Waals surface area contributed by atoms with E-state index in [1.54, 1.807) is 10.9 Å². The van der Waals surface area contributed by atoms with Crippen LogP contribution in [0, 0.1) is 0 Å². The average Bonchev–Trinajstić information content (AvgIpc) is 1.90. The topological polar surface area (TPSA) is 44.1 Å². The van der Waals surface area contributed by atoms with Crippen LogP contribution in [0.25, 0.3) is 0 Å². The van der Waals surface area contributed by atoms with Crippen molar-refractivity contribution in [1.82, 2.24) is 9.55 Å². The lowest BCUT2D eigenvalue weighted by Crippen LogP contribution is -2.36. The largest absolute Gasteiger partial charge is 0.377 e. The molecular formula is C7H8N2O2. The molecule has 0 atom stereocenters. The van der Waals surface area contributed by atoms with Crippen molar-refractivity contribution in [3.63, 3.8) is 0 Å². The molecule has 1 fully saturated rings. The van der Waals surface area contributed by atoms with Crippen molar-refractivity contribution in [2.75, 3.05) is 13.2 Å². The van der Waals surface area contributed by atoms with E-state index < -0.39 is 0 Å². The van der Waals surface area contributed by atoms with Gasteiger partial charge in [-0.2, -0.15) is 0 Å². The summed E-state index contributed by atoms with van der Waals surface area (Å²) in [7, 11) is 0. The van der Waals surface area contributed by atoms with E-state index in [4.69, 9.17) is 4.74 Å². The standard InChI is InChI=1S/C7H8N2O2/c10-7-1-2-8-5-9(7)6-3-11-4-6/h1-2,5-6H,3-4H2. The monoisotopic (exact) mass is 152 g/mol. The second-order valence-electron chi connectivity index (χ2n) is 2.52. The lowest BCUT2D eigenvalue weighted by molar-refractivity contribution is -0.0252. The van der Waals surface area contributed by atoms with Gasteiger partial charge in [-0.1, -0.05) is 0 Å². The maximum atomic E-state index is 11.1. The molecule has 4 heteroatoms. The normalized spacial score (nSPS) is 17.8. The Labute approximate surface area is 63.4 Å². The van der Waals surface area contributed by atoms with Gasteiger partial charge in [0.15, 0.2) is 0 Å². The van der Waals surface area contributed by atoms with Gasteiger partial charge in [0, 0.05) is 12.3 Å². The molecule has 0 unspecified atom stereocenters. The van der Waals surface area contributed by atoms with Gasteiger partial charge in [-0.3, -0.25) is 9.36 Å². The maximum Gasteiger partial charge on any atom is 0.253 e. The number of aromatic nitrogens is 2. The number of hydrogen-bond donors (Lipinski definition) is 0. The molecule has 1 aliphatic rings. The van der Waals surface area contributed by atoms with Gasteiger partial charge in [-0.25, -0.2) is 4.98 Å². The molecule has 58 valence electrons. The zero-order valence-electron chi connectivity index (χ0n) is 5.93. The van der Waals surface area contributed by atoms with Gasteiger partial charge in [-0.05, 0) is 0 Å². The maximum absolute atomic E-state index is 11.1. The number of hydrogen-bond acceptors (Lipinski definition) is 3. The highest BCUT2D eigenvalue weighted by atomic mass is 16.5. The lowest BCUT2D eigenvalue weighted by Gasteiger charge is -2.27. The lowest BCUT2D eigenvalue weighted by atomic mass is 10.2. The summed E-state index contributed by atoms with van der Waals surface area (Å²) in [5, 5.41) is 0. The van der Waals surface area contributed by atoms with Crippen LogP contribution >= 0.6 is 0 Å². The van der Waals surface area contributed by atoms with Crippen LogP contribution in [0.15, 0.2) is 23.4 Å². The Balaban J connectivity index is 2.36. The molecule has 1 saturated heterocycles. The van der Waals surface area contributed by atoms with Gasteiger partial charge in [0.25, 0.3) is 5.56 Å². The fourth-order valence-corrected chi connectivity index (χ4v) is 1.02. The summed E-state index contributed by atoms with van der Waals surface area (Å²) in [6.07, 6.45) is 3.05. The summed E-state index contributed by atoms with van der Waals surface area (Å²) in [4.78, 5) is 15.0. The molecule has 0 aromatic carbocycles. The fraction of sp³-hybridized carbons (Fsp3) is 0.429. The third kappa shape index (κ3) is 1.05. The van der Waals surface area contributed by atoms with Crippen molar-refractivity contribution in [3.05, 3.63) is 28.9 Å². The van der Waals surface area contributed by atoms with Crippen LogP contribution in [-0.2, 0) is 4.74 Å². The van der Waals surface area contributed by atoms with E-state index in [1.165, 1.54) is 12.3 Å². The Morgan fingerprint density at radius 1 is 1.64 bits per heavy atom. The molecule has 0 spiro atoms. The first-order valence-corrected chi connectivity index (χ1v) is 3.48. The first-order chi connectivity index (χ1) is 5.38. The summed E-state index contributed by atoms with van der Waals surface area (Å²) in [5.41, 5.74) is -0.00620. The molecule has 1 aliphatic heterocycles. The summed E-state index contributed by atoms with van der Waals surface area (Å²) in [5.74, 6) is 0. The van der Waals surface area contributed by atoms with Crippen LogP contribution in [0.3, 0.4) is 0 Å². The third-order valence-corrected chi connectivity index (χ3v) is 1.76. The Bertz CT molecular complexity index is 303. The summed E-state index contributed by atoms with van der Waals surface area (Å²) < 4.78 is 6.56. The minimum atomic E-state index is -0.00620. The second kappa shape index (κ2) is 2.47. The number of rotatable bonds is 1. The van der Waals surface area contributed by atoms with Crippen LogP contribution in [-0.4, -0.2) is 22.8 Å². The fourth-order valence-electron chi connectivity index (χ4n) is 1.02. The molecule has 0 bridgehead atoms. The SMILES string of the molecule is O=c1ccncn1C1COC1. The Morgan fingerprint density at radius 3 is 3.00 bits per heavy atom. The van der Waals surface area contributed by atoms with Crippen LogP contribution in [0.4, 0.5) is 0 Å². The molecule has 2 heterocycles. The molecule has 0 amide bonds. The van der Waals surface area contributed by atoms with Crippen LogP contribution in [0.2, 0.25) is 0 Å². The highest BCUT2D eigenvalue weighted by Crippen LogP contribution is 2.12. The molecule has 0 N–H and O–H groups in total. The van der Waals surface area contributed by atoms with Crippen molar-refractivity contribution in [1.29, 1.82) is 0 Å². The Hall–Kier alpha value is -1.16.